The van der Waals surface area contributed by atoms with Gasteiger partial charge in [0.25, 0.3) is 0 Å². The van der Waals surface area contributed by atoms with E-state index in [0.717, 1.165) is 49.4 Å². The second-order valence-corrected chi connectivity index (χ2v) is 7.53. The molecule has 23 heavy (non-hydrogen) atoms. The van der Waals surface area contributed by atoms with E-state index in [1.54, 1.807) is 11.3 Å². The van der Waals surface area contributed by atoms with E-state index in [4.69, 9.17) is 4.98 Å². The molecule has 1 saturated heterocycles. The average Bonchev–Trinajstić information content (AvgIpc) is 3.29. The van der Waals surface area contributed by atoms with Crippen LogP contribution < -0.4 is 10.2 Å². The van der Waals surface area contributed by atoms with Gasteiger partial charge >= 0.3 is 0 Å². The summed E-state index contributed by atoms with van der Waals surface area (Å²) >= 11 is 1.71. The Balaban J connectivity index is 1.37. The molecule has 1 aromatic heterocycles. The molecule has 1 atom stereocenters. The number of aromatic nitrogens is 1. The van der Waals surface area contributed by atoms with E-state index in [1.165, 1.54) is 4.70 Å². The minimum Gasteiger partial charge on any atom is -0.383 e. The number of hydrogen-bond donors (Lipinski definition) is 2. The number of carbonyl (C=O) groups excluding carboxylic acids is 1. The second-order valence-electron chi connectivity index (χ2n) is 6.52. The van der Waals surface area contributed by atoms with Crippen molar-refractivity contribution in [2.24, 2.45) is 5.92 Å². The lowest BCUT2D eigenvalue weighted by Gasteiger charge is -2.33. The SMILES string of the molecule is O=C(NC1CC1)[C@H](O)C1CCN(c2nc3ccccc3s2)CC1. The van der Waals surface area contributed by atoms with Crippen molar-refractivity contribution < 1.29 is 9.90 Å². The second kappa shape index (κ2) is 6.09. The van der Waals surface area contributed by atoms with Crippen LogP contribution in [0.3, 0.4) is 0 Å². The maximum atomic E-state index is 12.0. The van der Waals surface area contributed by atoms with E-state index in [1.807, 2.05) is 18.2 Å². The molecule has 2 heterocycles. The molecule has 1 aliphatic heterocycles. The first-order valence-electron chi connectivity index (χ1n) is 8.29. The molecule has 2 aromatic rings. The number of aliphatic hydroxyl groups is 1. The third kappa shape index (κ3) is 3.19. The molecule has 1 aliphatic carbocycles. The minimum atomic E-state index is -0.867. The topological polar surface area (TPSA) is 65.5 Å². The molecule has 2 N–H and O–H groups in total. The molecule has 0 radical (unpaired) electrons. The van der Waals surface area contributed by atoms with Crippen molar-refractivity contribution >= 4 is 32.6 Å². The number of para-hydroxylation sites is 1. The van der Waals surface area contributed by atoms with Gasteiger partial charge in [0.2, 0.25) is 5.91 Å². The van der Waals surface area contributed by atoms with Gasteiger partial charge in [-0.15, -0.1) is 0 Å². The van der Waals surface area contributed by atoms with Crippen molar-refractivity contribution in [2.45, 2.75) is 37.8 Å². The molecule has 6 heteroatoms. The van der Waals surface area contributed by atoms with E-state index in [2.05, 4.69) is 16.3 Å². The van der Waals surface area contributed by atoms with Crippen LogP contribution in [0, 0.1) is 5.92 Å². The molecule has 2 fully saturated rings. The van der Waals surface area contributed by atoms with Gasteiger partial charge in [0, 0.05) is 19.1 Å². The Morgan fingerprint density at radius 1 is 1.26 bits per heavy atom. The van der Waals surface area contributed by atoms with E-state index in [-0.39, 0.29) is 11.8 Å². The number of piperidine rings is 1. The monoisotopic (exact) mass is 331 g/mol. The van der Waals surface area contributed by atoms with Crippen LogP contribution in [0.4, 0.5) is 5.13 Å². The largest absolute Gasteiger partial charge is 0.383 e. The zero-order chi connectivity index (χ0) is 15.8. The number of rotatable bonds is 4. The van der Waals surface area contributed by atoms with E-state index in [0.29, 0.717) is 6.04 Å². The summed E-state index contributed by atoms with van der Waals surface area (Å²) in [5, 5.41) is 14.2. The van der Waals surface area contributed by atoms with Crippen LogP contribution in [-0.4, -0.2) is 41.2 Å². The van der Waals surface area contributed by atoms with Crippen LogP contribution in [0.5, 0.6) is 0 Å². The van der Waals surface area contributed by atoms with E-state index < -0.39 is 6.10 Å². The molecular weight excluding hydrogens is 310 g/mol. The molecule has 122 valence electrons. The Morgan fingerprint density at radius 3 is 2.70 bits per heavy atom. The Hall–Kier alpha value is -1.66. The number of anilines is 1. The van der Waals surface area contributed by atoms with E-state index >= 15 is 0 Å². The van der Waals surface area contributed by atoms with Gasteiger partial charge in [-0.2, -0.15) is 0 Å². The maximum Gasteiger partial charge on any atom is 0.249 e. The summed E-state index contributed by atoms with van der Waals surface area (Å²) in [6.07, 6.45) is 2.89. The molecule has 2 aliphatic rings. The molecule has 4 rings (SSSR count). The minimum absolute atomic E-state index is 0.0550. The quantitative estimate of drug-likeness (QED) is 0.901. The summed E-state index contributed by atoms with van der Waals surface area (Å²) in [6.45, 7) is 1.69. The third-order valence-electron chi connectivity index (χ3n) is 4.73. The number of nitrogens with zero attached hydrogens (tertiary/aromatic N) is 2. The first kappa shape index (κ1) is 14.9. The first-order valence-corrected chi connectivity index (χ1v) is 9.11. The predicted molar refractivity (Wildman–Crippen MR) is 91.7 cm³/mol. The fraction of sp³-hybridized carbons (Fsp3) is 0.529. The molecule has 1 aromatic carbocycles. The van der Waals surface area contributed by atoms with Crippen molar-refractivity contribution in [1.29, 1.82) is 0 Å². The van der Waals surface area contributed by atoms with Crippen LogP contribution in [-0.2, 0) is 4.79 Å². The normalized spacial score (nSPS) is 20.7. The number of carbonyl (C=O) groups is 1. The molecule has 0 bridgehead atoms. The smallest absolute Gasteiger partial charge is 0.249 e. The lowest BCUT2D eigenvalue weighted by molar-refractivity contribution is -0.132. The number of aliphatic hydroxyl groups excluding tert-OH is 1. The number of nitrogens with one attached hydrogen (secondary N) is 1. The van der Waals surface area contributed by atoms with Crippen LogP contribution >= 0.6 is 11.3 Å². The zero-order valence-corrected chi connectivity index (χ0v) is 13.8. The van der Waals surface area contributed by atoms with Crippen molar-refractivity contribution in [2.75, 3.05) is 18.0 Å². The van der Waals surface area contributed by atoms with Crippen LogP contribution in [0.1, 0.15) is 25.7 Å². The molecular formula is C17H21N3O2S. The fourth-order valence-electron chi connectivity index (χ4n) is 3.13. The highest BCUT2D eigenvalue weighted by Crippen LogP contribution is 2.32. The maximum absolute atomic E-state index is 12.0. The van der Waals surface area contributed by atoms with Crippen molar-refractivity contribution in [3.05, 3.63) is 24.3 Å². The number of fused-ring (bicyclic) bond motifs is 1. The lowest BCUT2D eigenvalue weighted by Crippen LogP contribution is -2.45. The summed E-state index contributed by atoms with van der Waals surface area (Å²) < 4.78 is 1.20. The molecule has 0 spiro atoms. The predicted octanol–water partition coefficient (Wildman–Crippen LogP) is 2.15. The highest BCUT2D eigenvalue weighted by molar-refractivity contribution is 7.22. The number of amides is 1. The molecule has 0 unspecified atom stereocenters. The summed E-state index contributed by atoms with van der Waals surface area (Å²) in [6, 6.07) is 8.47. The molecule has 5 nitrogen and oxygen atoms in total. The summed E-state index contributed by atoms with van der Waals surface area (Å²) in [4.78, 5) is 18.9. The summed E-state index contributed by atoms with van der Waals surface area (Å²) in [5.41, 5.74) is 1.04. The van der Waals surface area contributed by atoms with Gasteiger partial charge in [0.05, 0.1) is 10.2 Å². The highest BCUT2D eigenvalue weighted by Gasteiger charge is 2.33. The van der Waals surface area contributed by atoms with Gasteiger partial charge in [-0.05, 0) is 43.7 Å². The van der Waals surface area contributed by atoms with Crippen molar-refractivity contribution in [3.63, 3.8) is 0 Å². The average molecular weight is 331 g/mol. The Labute approximate surface area is 139 Å². The zero-order valence-electron chi connectivity index (χ0n) is 12.9. The van der Waals surface area contributed by atoms with Gasteiger partial charge < -0.3 is 15.3 Å². The Kier molecular flexibility index (Phi) is 3.95. The van der Waals surface area contributed by atoms with Gasteiger partial charge in [-0.1, -0.05) is 23.5 Å². The van der Waals surface area contributed by atoms with Crippen LogP contribution in [0.15, 0.2) is 24.3 Å². The lowest BCUT2D eigenvalue weighted by atomic mass is 9.91. The van der Waals surface area contributed by atoms with Crippen molar-refractivity contribution in [1.82, 2.24) is 10.3 Å². The van der Waals surface area contributed by atoms with Gasteiger partial charge in [0.15, 0.2) is 5.13 Å². The number of hydrogen-bond acceptors (Lipinski definition) is 5. The summed E-state index contributed by atoms with van der Waals surface area (Å²) in [5.74, 6) is -0.134. The van der Waals surface area contributed by atoms with Gasteiger partial charge in [-0.3, -0.25) is 4.79 Å². The Bertz CT molecular complexity index is 672. The van der Waals surface area contributed by atoms with Crippen LogP contribution in [0.2, 0.25) is 0 Å². The van der Waals surface area contributed by atoms with E-state index in [9.17, 15) is 9.90 Å². The van der Waals surface area contributed by atoms with Gasteiger partial charge in [0.1, 0.15) is 6.10 Å². The number of benzene rings is 1. The standard InChI is InChI=1S/C17H21N3O2S/c21-15(16(22)18-12-5-6-12)11-7-9-20(10-8-11)17-19-13-3-1-2-4-14(13)23-17/h1-4,11-12,15,21H,5-10H2,(H,18,22)/t15-/m1/s1. The highest BCUT2D eigenvalue weighted by atomic mass is 32.1. The molecule has 1 saturated carbocycles. The first-order chi connectivity index (χ1) is 11.2. The summed E-state index contributed by atoms with van der Waals surface area (Å²) in [7, 11) is 0. The van der Waals surface area contributed by atoms with Crippen molar-refractivity contribution in [3.8, 4) is 0 Å². The van der Waals surface area contributed by atoms with Crippen LogP contribution in [0.25, 0.3) is 10.2 Å². The fourth-order valence-corrected chi connectivity index (χ4v) is 4.15. The number of thiazole rings is 1. The van der Waals surface area contributed by atoms with Gasteiger partial charge in [-0.25, -0.2) is 4.98 Å². The third-order valence-corrected chi connectivity index (χ3v) is 5.83. The Morgan fingerprint density at radius 2 is 2.00 bits per heavy atom. The molecule has 1 amide bonds.